The van der Waals surface area contributed by atoms with Gasteiger partial charge in [-0.1, -0.05) is 0 Å². The fraction of sp³-hybridized carbons (Fsp3) is 1.00. The van der Waals surface area contributed by atoms with Crippen molar-refractivity contribution in [3.8, 4) is 0 Å². The summed E-state index contributed by atoms with van der Waals surface area (Å²) in [7, 11) is 1.94. The Morgan fingerprint density at radius 2 is 0.783 bits per heavy atom. The fourth-order valence-corrected chi connectivity index (χ4v) is 6.01. The van der Waals surface area contributed by atoms with Crippen molar-refractivity contribution in [3.05, 3.63) is 0 Å². The Morgan fingerprint density at radius 1 is 0.565 bits per heavy atom. The largest absolute Gasteiger partial charge is 0.499 e. The molecule has 0 spiro atoms. The molecular formula is C16H36O6Si. The highest BCUT2D eigenvalue weighted by Gasteiger charge is 2.48. The second-order valence-corrected chi connectivity index (χ2v) is 10.1. The third-order valence-corrected chi connectivity index (χ3v) is 5.63. The highest BCUT2D eigenvalue weighted by atomic mass is 28.4. The van der Waals surface area contributed by atoms with Crippen LogP contribution in [0.1, 0.15) is 41.5 Å². The predicted molar refractivity (Wildman–Crippen MR) is 92.7 cm³/mol. The highest BCUT2D eigenvalue weighted by molar-refractivity contribution is 6.59. The Morgan fingerprint density at radius 3 is 0.957 bits per heavy atom. The van der Waals surface area contributed by atoms with Crippen LogP contribution in [-0.4, -0.2) is 66.8 Å². The quantitative estimate of drug-likeness (QED) is 0.503. The van der Waals surface area contributed by atoms with Crippen molar-refractivity contribution in [1.29, 1.82) is 0 Å². The van der Waals surface area contributed by atoms with Gasteiger partial charge in [0.1, 0.15) is 0 Å². The van der Waals surface area contributed by atoms with E-state index in [2.05, 4.69) is 0 Å². The number of ether oxygens (including phenoxy) is 3. The molecule has 0 fully saturated rings. The molecule has 0 aromatic carbocycles. The molecule has 0 N–H and O–H groups in total. The maximum absolute atomic E-state index is 6.29. The average molecular weight is 353 g/mol. The minimum atomic E-state index is -3.01. The lowest BCUT2D eigenvalue weighted by molar-refractivity contribution is -0.120. The smallest absolute Gasteiger partial charge is 0.382 e. The molecule has 0 saturated carbocycles. The van der Waals surface area contributed by atoms with Gasteiger partial charge in [-0.25, -0.2) is 0 Å². The zero-order valence-corrected chi connectivity index (χ0v) is 17.6. The van der Waals surface area contributed by atoms with Crippen molar-refractivity contribution in [2.75, 3.05) is 41.2 Å². The first-order chi connectivity index (χ1) is 10.3. The van der Waals surface area contributed by atoms with Gasteiger partial charge < -0.3 is 27.5 Å². The van der Waals surface area contributed by atoms with E-state index in [9.17, 15) is 0 Å². The second-order valence-electron chi connectivity index (χ2n) is 7.75. The van der Waals surface area contributed by atoms with Crippen LogP contribution in [0.5, 0.6) is 0 Å². The van der Waals surface area contributed by atoms with Crippen LogP contribution in [-0.2, 0) is 27.5 Å². The van der Waals surface area contributed by atoms with E-state index in [0.29, 0.717) is 19.8 Å². The highest BCUT2D eigenvalue weighted by Crippen LogP contribution is 2.29. The van der Waals surface area contributed by atoms with Crippen molar-refractivity contribution in [1.82, 2.24) is 0 Å². The van der Waals surface area contributed by atoms with Gasteiger partial charge in [0, 0.05) is 27.9 Å². The summed E-state index contributed by atoms with van der Waals surface area (Å²) in [6, 6.07) is 0. The molecule has 0 heterocycles. The van der Waals surface area contributed by atoms with Gasteiger partial charge in [0.25, 0.3) is 0 Å². The summed E-state index contributed by atoms with van der Waals surface area (Å²) < 4.78 is 34.6. The third kappa shape index (κ3) is 9.76. The minimum absolute atomic E-state index is 0.442. The van der Waals surface area contributed by atoms with Crippen LogP contribution in [0.4, 0.5) is 0 Å². The Bertz CT molecular complexity index is 293. The van der Waals surface area contributed by atoms with Crippen molar-refractivity contribution in [2.45, 2.75) is 64.9 Å². The van der Waals surface area contributed by atoms with Gasteiger partial charge in [0.05, 0.1) is 36.6 Å². The van der Waals surface area contributed by atoms with Crippen molar-refractivity contribution in [3.63, 3.8) is 0 Å². The Labute approximate surface area is 143 Å². The van der Waals surface area contributed by atoms with E-state index >= 15 is 0 Å². The molecule has 0 amide bonds. The molecule has 0 atom stereocenters. The van der Waals surface area contributed by atoms with Gasteiger partial charge in [0.15, 0.2) is 0 Å². The SMILES string of the molecule is COCC(C)(C)O[Si](C)(OC(C)(C)COC)OC(C)(C)COC. The second kappa shape index (κ2) is 8.89. The van der Waals surface area contributed by atoms with Crippen LogP contribution in [0.2, 0.25) is 6.55 Å². The number of methoxy groups -OCH3 is 3. The molecule has 0 aromatic heterocycles. The summed E-state index contributed by atoms with van der Waals surface area (Å²) >= 11 is 0. The topological polar surface area (TPSA) is 55.4 Å². The molecule has 0 radical (unpaired) electrons. The van der Waals surface area contributed by atoms with E-state index in [-0.39, 0.29) is 0 Å². The lowest BCUT2D eigenvalue weighted by Crippen LogP contribution is -2.58. The average Bonchev–Trinajstić information content (AvgIpc) is 2.23. The van der Waals surface area contributed by atoms with Crippen LogP contribution < -0.4 is 0 Å². The molecule has 6 nitrogen and oxygen atoms in total. The van der Waals surface area contributed by atoms with Crippen LogP contribution in [0.3, 0.4) is 0 Å². The Balaban J connectivity index is 5.34. The predicted octanol–water partition coefficient (Wildman–Crippen LogP) is 2.88. The molecule has 0 aliphatic heterocycles. The van der Waals surface area contributed by atoms with E-state index in [4.69, 9.17) is 27.5 Å². The van der Waals surface area contributed by atoms with E-state index in [1.807, 2.05) is 48.1 Å². The first-order valence-electron chi connectivity index (χ1n) is 7.88. The summed E-state index contributed by atoms with van der Waals surface area (Å²) in [5.41, 5.74) is -1.58. The molecule has 140 valence electrons. The molecule has 0 rings (SSSR count). The van der Waals surface area contributed by atoms with Crippen LogP contribution in [0.15, 0.2) is 0 Å². The van der Waals surface area contributed by atoms with Gasteiger partial charge in [0.2, 0.25) is 0 Å². The number of rotatable bonds is 12. The van der Waals surface area contributed by atoms with Gasteiger partial charge in [-0.15, -0.1) is 0 Å². The molecule has 0 aromatic rings. The minimum Gasteiger partial charge on any atom is -0.382 e. The van der Waals surface area contributed by atoms with E-state index in [0.717, 1.165) is 0 Å². The first kappa shape index (κ1) is 23.0. The maximum Gasteiger partial charge on any atom is 0.499 e. The first-order valence-corrected chi connectivity index (χ1v) is 10.1. The lowest BCUT2D eigenvalue weighted by atomic mass is 10.2. The van der Waals surface area contributed by atoms with Crippen LogP contribution in [0, 0.1) is 0 Å². The van der Waals surface area contributed by atoms with Gasteiger partial charge in [-0.05, 0) is 41.5 Å². The van der Waals surface area contributed by atoms with Crippen molar-refractivity contribution < 1.29 is 27.5 Å². The summed E-state index contributed by atoms with van der Waals surface area (Å²) in [6.07, 6.45) is 0. The molecule has 7 heteroatoms. The molecular weight excluding hydrogens is 316 g/mol. The molecule has 0 unspecified atom stereocenters. The van der Waals surface area contributed by atoms with Crippen molar-refractivity contribution in [2.24, 2.45) is 0 Å². The van der Waals surface area contributed by atoms with Gasteiger partial charge >= 0.3 is 8.80 Å². The summed E-state index contributed by atoms with van der Waals surface area (Å²) in [6.45, 7) is 15.0. The monoisotopic (exact) mass is 352 g/mol. The summed E-state index contributed by atoms with van der Waals surface area (Å²) in [5, 5.41) is 0. The molecule has 0 bridgehead atoms. The molecule has 0 saturated heterocycles. The molecule has 23 heavy (non-hydrogen) atoms. The lowest BCUT2D eigenvalue weighted by Gasteiger charge is -2.43. The fourth-order valence-electron chi connectivity index (χ4n) is 2.70. The summed E-state index contributed by atoms with van der Waals surface area (Å²) in [4.78, 5) is 0. The van der Waals surface area contributed by atoms with Crippen LogP contribution >= 0.6 is 0 Å². The standard InChI is InChI=1S/C16H36O6Si/c1-14(2,11-17-7)20-23(10,21-15(3,4)12-18-8)22-16(5,6)13-19-9/h11-13H2,1-10H3. The number of hydrogen-bond acceptors (Lipinski definition) is 6. The Kier molecular flexibility index (Phi) is 8.88. The van der Waals surface area contributed by atoms with E-state index in [1.54, 1.807) is 21.3 Å². The zero-order chi connectivity index (χ0) is 18.4. The van der Waals surface area contributed by atoms with Gasteiger partial charge in [-0.3, -0.25) is 0 Å². The van der Waals surface area contributed by atoms with E-state index < -0.39 is 25.6 Å². The van der Waals surface area contributed by atoms with Crippen LogP contribution in [0.25, 0.3) is 0 Å². The Hall–Kier alpha value is -0.0231. The van der Waals surface area contributed by atoms with Gasteiger partial charge in [-0.2, -0.15) is 0 Å². The molecule has 0 aliphatic carbocycles. The van der Waals surface area contributed by atoms with Crippen molar-refractivity contribution >= 4 is 8.80 Å². The third-order valence-electron chi connectivity index (χ3n) is 2.86. The maximum atomic E-state index is 6.29. The zero-order valence-electron chi connectivity index (χ0n) is 16.6. The van der Waals surface area contributed by atoms with E-state index in [1.165, 1.54) is 0 Å². The normalized spacial score (nSPS) is 14.3. The molecule has 0 aliphatic rings. The summed E-state index contributed by atoms with van der Waals surface area (Å²) in [5.74, 6) is 0. The number of hydrogen-bond donors (Lipinski definition) is 0.